The number of nitrogens with one attached hydrogen (secondary N) is 3. The summed E-state index contributed by atoms with van der Waals surface area (Å²) < 4.78 is 21.3. The van der Waals surface area contributed by atoms with E-state index in [9.17, 15) is 9.18 Å². The summed E-state index contributed by atoms with van der Waals surface area (Å²) in [5.41, 5.74) is 0.839. The van der Waals surface area contributed by atoms with Crippen LogP contribution in [0.1, 0.15) is 35.9 Å². The van der Waals surface area contributed by atoms with Crippen LogP contribution in [0.5, 0.6) is 5.88 Å². The number of halogens is 1. The Morgan fingerprint density at radius 3 is 2.94 bits per heavy atom. The molecular weight excluding hydrogens is 419 g/mol. The molecule has 1 amide bonds. The number of nitrogens with zero attached hydrogens (tertiary/aromatic N) is 3. The number of ether oxygens (including phenoxy) is 1. The van der Waals surface area contributed by atoms with Crippen molar-refractivity contribution in [1.82, 2.24) is 19.6 Å². The number of likely N-dealkylation sites (N-methyl/N-ethyl adjacent to an activating group) is 1. The Kier molecular flexibility index (Phi) is 6.77. The summed E-state index contributed by atoms with van der Waals surface area (Å²) in [6, 6.07) is 3.88. The van der Waals surface area contributed by atoms with Gasteiger partial charge in [-0.2, -0.15) is 0 Å². The number of hydrogen-bond acceptors (Lipinski definition) is 7. The van der Waals surface area contributed by atoms with E-state index in [1.807, 2.05) is 25.2 Å². The van der Waals surface area contributed by atoms with Gasteiger partial charge in [-0.05, 0) is 39.1 Å². The van der Waals surface area contributed by atoms with Crippen LogP contribution in [-0.2, 0) is 0 Å². The Hall–Kier alpha value is -3.16. The molecule has 3 N–H and O–H groups in total. The smallest absolute Gasteiger partial charge is 0.275 e. The fraction of sp³-hybridized carbons (Fsp3) is 0.333. The van der Waals surface area contributed by atoms with Gasteiger partial charge in [0.2, 0.25) is 5.88 Å². The monoisotopic (exact) mass is 442 g/mol. The second-order valence-electron chi connectivity index (χ2n) is 7.41. The van der Waals surface area contributed by atoms with Gasteiger partial charge in [0.05, 0.1) is 23.2 Å². The molecule has 0 radical (unpaired) electrons. The quantitative estimate of drug-likeness (QED) is 0.483. The van der Waals surface area contributed by atoms with Crippen LogP contribution in [-0.4, -0.2) is 51.0 Å². The molecule has 1 saturated heterocycles. The number of aromatic nitrogens is 2. The Morgan fingerprint density at radius 1 is 1.48 bits per heavy atom. The maximum atomic E-state index is 14.6. The van der Waals surface area contributed by atoms with Crippen LogP contribution in [0.2, 0.25) is 0 Å². The van der Waals surface area contributed by atoms with Gasteiger partial charge in [-0.3, -0.25) is 14.5 Å². The number of amides is 1. The standard InChI is InChI=1S/C21H23FN6O2S/c1-5-8-30-18-11-24-16(10-25-18)19(29)26-13-6-7-15(22)14(9-13)17-12-28(4)31-21(2,3)20(23)27-17/h1,6-7,9-11,17H,8,12H2,2-4H3,(H2,23,27)(H,26,29). The van der Waals surface area contributed by atoms with Crippen molar-refractivity contribution in [1.29, 1.82) is 5.41 Å². The lowest BCUT2D eigenvalue weighted by Crippen LogP contribution is -2.39. The molecule has 0 bridgehead atoms. The van der Waals surface area contributed by atoms with Crippen molar-refractivity contribution in [3.05, 3.63) is 47.7 Å². The van der Waals surface area contributed by atoms with E-state index in [1.54, 1.807) is 6.07 Å². The minimum atomic E-state index is -0.496. The van der Waals surface area contributed by atoms with Crippen LogP contribution in [0, 0.1) is 23.6 Å². The van der Waals surface area contributed by atoms with E-state index in [4.69, 9.17) is 16.6 Å². The van der Waals surface area contributed by atoms with Gasteiger partial charge in [-0.25, -0.2) is 14.4 Å². The van der Waals surface area contributed by atoms with Gasteiger partial charge in [-0.15, -0.1) is 6.42 Å². The molecule has 1 aromatic carbocycles. The Morgan fingerprint density at radius 2 is 2.26 bits per heavy atom. The van der Waals surface area contributed by atoms with Crippen molar-refractivity contribution >= 4 is 29.4 Å². The summed E-state index contributed by atoms with van der Waals surface area (Å²) >= 11 is 1.51. The number of hydrogen-bond donors (Lipinski definition) is 3. The van der Waals surface area contributed by atoms with Crippen LogP contribution in [0.3, 0.4) is 0 Å². The molecule has 162 valence electrons. The average Bonchev–Trinajstić information content (AvgIpc) is 2.82. The summed E-state index contributed by atoms with van der Waals surface area (Å²) in [6.07, 6.45) is 7.70. The van der Waals surface area contributed by atoms with E-state index >= 15 is 0 Å². The van der Waals surface area contributed by atoms with E-state index in [1.165, 1.54) is 36.5 Å². The largest absolute Gasteiger partial charge is 0.463 e. The first kappa shape index (κ1) is 22.5. The number of carbonyl (C=O) groups is 1. The van der Waals surface area contributed by atoms with E-state index in [0.717, 1.165) is 0 Å². The Labute approximate surface area is 184 Å². The molecule has 1 fully saturated rings. The highest BCUT2D eigenvalue weighted by molar-refractivity contribution is 7.99. The van der Waals surface area contributed by atoms with Gasteiger partial charge in [0, 0.05) is 17.8 Å². The minimum Gasteiger partial charge on any atom is -0.463 e. The van der Waals surface area contributed by atoms with Crippen molar-refractivity contribution in [2.75, 3.05) is 25.5 Å². The molecule has 0 spiro atoms. The molecule has 0 saturated carbocycles. The van der Waals surface area contributed by atoms with Crippen LogP contribution in [0.15, 0.2) is 30.6 Å². The number of rotatable bonds is 5. The molecule has 0 aliphatic carbocycles. The van der Waals surface area contributed by atoms with Crippen LogP contribution >= 0.6 is 11.9 Å². The van der Waals surface area contributed by atoms with Crippen molar-refractivity contribution < 1.29 is 13.9 Å². The van der Waals surface area contributed by atoms with Crippen LogP contribution in [0.25, 0.3) is 0 Å². The number of anilines is 1. The van der Waals surface area contributed by atoms with E-state index < -0.39 is 22.5 Å². The molecule has 3 rings (SSSR count). The third kappa shape index (κ3) is 5.51. The first-order valence-electron chi connectivity index (χ1n) is 9.44. The van der Waals surface area contributed by atoms with Gasteiger partial charge in [0.25, 0.3) is 5.91 Å². The first-order chi connectivity index (χ1) is 14.7. The SMILES string of the molecule is C#CCOc1cnc(C(=O)Nc2ccc(F)c(C3CN(C)SC(C)(C)C(=N)N3)c2)cn1. The molecule has 31 heavy (non-hydrogen) atoms. The highest BCUT2D eigenvalue weighted by Gasteiger charge is 2.34. The average molecular weight is 443 g/mol. The van der Waals surface area contributed by atoms with Crippen LogP contribution in [0.4, 0.5) is 10.1 Å². The Bertz CT molecular complexity index is 1020. The fourth-order valence-electron chi connectivity index (χ4n) is 3.01. The van der Waals surface area contributed by atoms with Crippen molar-refractivity contribution in [2.45, 2.75) is 24.6 Å². The zero-order valence-electron chi connectivity index (χ0n) is 17.4. The number of carbonyl (C=O) groups excluding carboxylic acids is 1. The van der Waals surface area contributed by atoms with Gasteiger partial charge in [0.1, 0.15) is 17.3 Å². The van der Waals surface area contributed by atoms with E-state index in [2.05, 4.69) is 26.5 Å². The highest BCUT2D eigenvalue weighted by Crippen LogP contribution is 2.34. The maximum absolute atomic E-state index is 14.6. The lowest BCUT2D eigenvalue weighted by molar-refractivity contribution is 0.102. The maximum Gasteiger partial charge on any atom is 0.275 e. The lowest BCUT2D eigenvalue weighted by atomic mass is 10.0. The topological polar surface area (TPSA) is 103 Å². The summed E-state index contributed by atoms with van der Waals surface area (Å²) in [7, 11) is 1.90. The van der Waals surface area contributed by atoms with Crippen molar-refractivity contribution in [2.24, 2.45) is 0 Å². The second kappa shape index (κ2) is 9.32. The summed E-state index contributed by atoms with van der Waals surface area (Å²) in [4.78, 5) is 20.5. The first-order valence-corrected chi connectivity index (χ1v) is 10.2. The van der Waals surface area contributed by atoms with Gasteiger partial charge < -0.3 is 15.4 Å². The molecule has 2 heterocycles. The Balaban J connectivity index is 1.77. The fourth-order valence-corrected chi connectivity index (χ4v) is 4.16. The second-order valence-corrected chi connectivity index (χ2v) is 9.23. The normalized spacial score (nSPS) is 18.4. The summed E-state index contributed by atoms with van der Waals surface area (Å²) in [5, 5.41) is 14.1. The molecule has 1 aliphatic rings. The molecular formula is C21H23FN6O2S. The molecule has 1 unspecified atom stereocenters. The summed E-state index contributed by atoms with van der Waals surface area (Å²) in [5.74, 6) is 1.92. The third-order valence-corrected chi connectivity index (χ3v) is 5.66. The van der Waals surface area contributed by atoms with Crippen molar-refractivity contribution in [3.8, 4) is 18.2 Å². The molecule has 2 aromatic rings. The molecule has 10 heteroatoms. The number of benzene rings is 1. The van der Waals surface area contributed by atoms with E-state index in [-0.39, 0.29) is 18.2 Å². The van der Waals surface area contributed by atoms with Gasteiger partial charge in [-0.1, -0.05) is 17.9 Å². The highest BCUT2D eigenvalue weighted by atomic mass is 32.2. The lowest BCUT2D eigenvalue weighted by Gasteiger charge is -2.25. The summed E-state index contributed by atoms with van der Waals surface area (Å²) in [6.45, 7) is 4.40. The predicted octanol–water partition coefficient (Wildman–Crippen LogP) is 2.86. The van der Waals surface area contributed by atoms with Gasteiger partial charge >= 0.3 is 0 Å². The minimum absolute atomic E-state index is 0.0517. The molecule has 1 aromatic heterocycles. The number of terminal acetylenes is 1. The molecule has 8 nitrogen and oxygen atoms in total. The zero-order chi connectivity index (χ0) is 22.6. The third-order valence-electron chi connectivity index (χ3n) is 4.54. The predicted molar refractivity (Wildman–Crippen MR) is 119 cm³/mol. The molecule has 1 atom stereocenters. The molecule has 1 aliphatic heterocycles. The zero-order valence-corrected chi connectivity index (χ0v) is 18.2. The van der Waals surface area contributed by atoms with Crippen LogP contribution < -0.4 is 15.4 Å². The van der Waals surface area contributed by atoms with E-state index in [0.29, 0.717) is 23.6 Å². The van der Waals surface area contributed by atoms with Crippen molar-refractivity contribution in [3.63, 3.8) is 0 Å². The number of amidine groups is 1. The van der Waals surface area contributed by atoms with Gasteiger partial charge in [0.15, 0.2) is 6.61 Å².